The Balaban J connectivity index is 1.87. The predicted molar refractivity (Wildman–Crippen MR) is 98.3 cm³/mol. The lowest BCUT2D eigenvalue weighted by atomic mass is 9.87. The summed E-state index contributed by atoms with van der Waals surface area (Å²) in [6.45, 7) is 7.66. The van der Waals surface area contributed by atoms with E-state index >= 15 is 0 Å². The first kappa shape index (κ1) is 17.4. The van der Waals surface area contributed by atoms with Crippen LogP contribution in [0, 0.1) is 11.3 Å². The number of benzene rings is 1. The number of H-pyrrole nitrogens is 1. The molecule has 2 N–H and O–H groups in total. The molecule has 1 aromatic carbocycles. The molecule has 4 nitrogen and oxygen atoms in total. The Morgan fingerprint density at radius 2 is 2.00 bits per heavy atom. The number of hydrogen-bond donors (Lipinski definition) is 1. The van der Waals surface area contributed by atoms with Crippen molar-refractivity contribution in [1.29, 1.82) is 5.26 Å². The molecule has 1 aromatic heterocycles. The molecule has 0 aliphatic carbocycles. The van der Waals surface area contributed by atoms with Crippen molar-refractivity contribution in [3.8, 4) is 6.07 Å². The maximum absolute atomic E-state index is 9.77. The lowest BCUT2D eigenvalue weighted by Crippen LogP contribution is -2.36. The summed E-state index contributed by atoms with van der Waals surface area (Å²) in [6, 6.07) is 12.8. The molecule has 0 saturated heterocycles. The van der Waals surface area contributed by atoms with E-state index in [0.717, 1.165) is 54.0 Å². The molecular formula is C21H26N3O+. The van der Waals surface area contributed by atoms with Gasteiger partial charge in [-0.25, -0.2) is 4.98 Å². The monoisotopic (exact) mass is 336 g/mol. The van der Waals surface area contributed by atoms with Crippen molar-refractivity contribution in [3.63, 3.8) is 0 Å². The van der Waals surface area contributed by atoms with Gasteiger partial charge in [0.25, 0.3) is 5.82 Å². The van der Waals surface area contributed by atoms with E-state index < -0.39 is 0 Å². The maximum atomic E-state index is 9.77. The number of hydrogen-bond acceptors (Lipinski definition) is 3. The van der Waals surface area contributed by atoms with Crippen LogP contribution in [0.25, 0.3) is 0 Å². The fraction of sp³-hybridized carbons (Fsp3) is 0.429. The number of aromatic nitrogens is 1. The summed E-state index contributed by atoms with van der Waals surface area (Å²) < 4.78 is 5.96. The largest absolute Gasteiger partial charge is 0.370 e. The average Bonchev–Trinajstić information content (AvgIpc) is 2.61. The first-order chi connectivity index (χ1) is 12.0. The maximum Gasteiger partial charge on any atom is 0.290 e. The number of pyridine rings is 1. The van der Waals surface area contributed by atoms with Gasteiger partial charge in [-0.2, -0.15) is 5.26 Å². The van der Waals surface area contributed by atoms with Gasteiger partial charge >= 0.3 is 0 Å². The molecule has 0 fully saturated rings. The van der Waals surface area contributed by atoms with Crippen LogP contribution in [-0.2, 0) is 30.6 Å². The molecule has 1 aliphatic heterocycles. The van der Waals surface area contributed by atoms with Crippen LogP contribution in [0.4, 0.5) is 5.82 Å². The van der Waals surface area contributed by atoms with Crippen molar-refractivity contribution >= 4 is 5.82 Å². The van der Waals surface area contributed by atoms with E-state index in [1.54, 1.807) is 0 Å². The fourth-order valence-electron chi connectivity index (χ4n) is 3.42. The molecule has 0 spiro atoms. The highest BCUT2D eigenvalue weighted by atomic mass is 16.5. The Morgan fingerprint density at radius 3 is 2.68 bits per heavy atom. The smallest absolute Gasteiger partial charge is 0.290 e. The molecule has 0 saturated carbocycles. The molecule has 1 aliphatic rings. The Morgan fingerprint density at radius 1 is 1.24 bits per heavy atom. The van der Waals surface area contributed by atoms with Crippen LogP contribution in [0.15, 0.2) is 30.3 Å². The first-order valence-electron chi connectivity index (χ1n) is 8.96. The molecule has 130 valence electrons. The minimum absolute atomic E-state index is 0.230. The van der Waals surface area contributed by atoms with Crippen LogP contribution in [0.3, 0.4) is 0 Å². The van der Waals surface area contributed by atoms with E-state index in [1.165, 1.54) is 5.56 Å². The number of nitrogens with one attached hydrogen (secondary N) is 2. The lowest BCUT2D eigenvalue weighted by molar-refractivity contribution is -0.375. The van der Waals surface area contributed by atoms with Gasteiger partial charge in [-0.05, 0) is 25.0 Å². The molecule has 0 radical (unpaired) electrons. The van der Waals surface area contributed by atoms with Crippen LogP contribution < -0.4 is 10.3 Å². The average molecular weight is 336 g/mol. The number of rotatable bonds is 5. The summed E-state index contributed by atoms with van der Waals surface area (Å²) in [5, 5.41) is 13.2. The molecule has 0 atom stereocenters. The zero-order valence-corrected chi connectivity index (χ0v) is 15.3. The summed E-state index contributed by atoms with van der Waals surface area (Å²) in [5.41, 5.74) is 5.25. The number of anilines is 1. The first-order valence-corrected chi connectivity index (χ1v) is 8.96. The molecule has 0 unspecified atom stereocenters. The Labute approximate surface area is 149 Å². The molecule has 4 heteroatoms. The van der Waals surface area contributed by atoms with Gasteiger partial charge in [-0.1, -0.05) is 37.3 Å². The van der Waals surface area contributed by atoms with Gasteiger partial charge in [-0.3, -0.25) is 5.32 Å². The van der Waals surface area contributed by atoms with Crippen molar-refractivity contribution < 1.29 is 9.72 Å². The topological polar surface area (TPSA) is 59.2 Å². The summed E-state index contributed by atoms with van der Waals surface area (Å²) in [6.07, 6.45) is 2.58. The highest BCUT2D eigenvalue weighted by Crippen LogP contribution is 2.32. The number of nitrogens with zero attached hydrogens (tertiary/aromatic N) is 1. The van der Waals surface area contributed by atoms with Crippen molar-refractivity contribution in [1.82, 2.24) is 0 Å². The Hall–Kier alpha value is -2.38. The van der Waals surface area contributed by atoms with Gasteiger partial charge in [-0.15, -0.1) is 0 Å². The summed E-state index contributed by atoms with van der Waals surface area (Å²) >= 11 is 0. The van der Waals surface area contributed by atoms with Crippen molar-refractivity contribution in [2.24, 2.45) is 0 Å². The molecule has 3 rings (SSSR count). The van der Waals surface area contributed by atoms with E-state index in [0.29, 0.717) is 6.61 Å². The third kappa shape index (κ3) is 3.83. The van der Waals surface area contributed by atoms with Gasteiger partial charge < -0.3 is 4.74 Å². The third-order valence-electron chi connectivity index (χ3n) is 4.79. The lowest BCUT2D eigenvalue weighted by Gasteiger charge is -2.32. The van der Waals surface area contributed by atoms with Gasteiger partial charge in [0.1, 0.15) is 17.3 Å². The van der Waals surface area contributed by atoms with Gasteiger partial charge in [0.2, 0.25) is 0 Å². The quantitative estimate of drug-likeness (QED) is 0.910. The van der Waals surface area contributed by atoms with Crippen molar-refractivity contribution in [2.45, 2.75) is 52.2 Å². The number of fused-ring (bicyclic) bond motifs is 1. The molecule has 0 bridgehead atoms. The van der Waals surface area contributed by atoms with Crippen LogP contribution in [0.2, 0.25) is 0 Å². The van der Waals surface area contributed by atoms with Gasteiger partial charge in [0.05, 0.1) is 18.8 Å². The second-order valence-corrected chi connectivity index (χ2v) is 7.16. The zero-order valence-electron chi connectivity index (χ0n) is 15.3. The molecule has 2 aromatic rings. The summed E-state index contributed by atoms with van der Waals surface area (Å²) in [4.78, 5) is 3.44. The molecule has 2 heterocycles. The Kier molecular flexibility index (Phi) is 5.06. The summed E-state index contributed by atoms with van der Waals surface area (Å²) in [5.74, 6) is 0.840. The second kappa shape index (κ2) is 7.25. The van der Waals surface area contributed by atoms with Crippen molar-refractivity contribution in [3.05, 3.63) is 58.3 Å². The molecular weight excluding hydrogens is 310 g/mol. The number of nitriles is 1. The van der Waals surface area contributed by atoms with E-state index in [1.807, 2.05) is 6.07 Å². The predicted octanol–water partition coefficient (Wildman–Crippen LogP) is 3.44. The van der Waals surface area contributed by atoms with Crippen molar-refractivity contribution in [2.75, 3.05) is 11.9 Å². The molecule has 25 heavy (non-hydrogen) atoms. The highest BCUT2D eigenvalue weighted by Gasteiger charge is 2.33. The van der Waals surface area contributed by atoms with Gasteiger partial charge in [0, 0.05) is 24.8 Å². The minimum Gasteiger partial charge on any atom is -0.370 e. The number of ether oxygens (including phenoxy) is 1. The minimum atomic E-state index is -0.230. The van der Waals surface area contributed by atoms with Crippen LogP contribution in [0.5, 0.6) is 0 Å². The SMILES string of the molecule is CCc1[nH+]c(NCCc2ccccc2)c(C#N)c2c1COC(C)(C)C2. The van der Waals surface area contributed by atoms with E-state index in [-0.39, 0.29) is 5.60 Å². The number of aryl methyl sites for hydroxylation is 1. The van der Waals surface area contributed by atoms with E-state index in [2.05, 4.69) is 61.4 Å². The molecule has 0 amide bonds. The van der Waals surface area contributed by atoms with Gasteiger partial charge in [0.15, 0.2) is 0 Å². The van der Waals surface area contributed by atoms with Crippen LogP contribution >= 0.6 is 0 Å². The summed E-state index contributed by atoms with van der Waals surface area (Å²) in [7, 11) is 0. The van der Waals surface area contributed by atoms with E-state index in [9.17, 15) is 5.26 Å². The van der Waals surface area contributed by atoms with Crippen LogP contribution in [-0.4, -0.2) is 12.1 Å². The van der Waals surface area contributed by atoms with Crippen LogP contribution in [0.1, 0.15) is 48.7 Å². The number of aromatic amines is 1. The second-order valence-electron chi connectivity index (χ2n) is 7.16. The normalized spacial score (nSPS) is 15.3. The standard InChI is InChI=1S/C21H25N3O/c1-4-19-18-14-25-21(2,3)12-16(18)17(13-22)20(24-19)23-11-10-15-8-6-5-7-9-15/h5-9H,4,10-12,14H2,1-3H3,(H,23,24)/p+1. The van der Waals surface area contributed by atoms with E-state index in [4.69, 9.17) is 4.74 Å². The fourth-order valence-corrected chi connectivity index (χ4v) is 3.42. The zero-order chi connectivity index (χ0) is 17.9. The highest BCUT2D eigenvalue weighted by molar-refractivity contribution is 5.56. The third-order valence-corrected chi connectivity index (χ3v) is 4.79. The Bertz CT molecular complexity index is 791.